The van der Waals surface area contributed by atoms with Crippen molar-refractivity contribution in [2.24, 2.45) is 0 Å². The number of benzene rings is 15. The van der Waals surface area contributed by atoms with Gasteiger partial charge in [-0.3, -0.25) is 17.9 Å². The summed E-state index contributed by atoms with van der Waals surface area (Å²) in [6, 6.07) is 119. The van der Waals surface area contributed by atoms with Gasteiger partial charge in [0.25, 0.3) is 0 Å². The zero-order valence-corrected chi connectivity index (χ0v) is 52.8. The van der Waals surface area contributed by atoms with Crippen molar-refractivity contribution in [3.63, 3.8) is 0 Å². The number of hydrogen-bond acceptors (Lipinski definition) is 4. The van der Waals surface area contributed by atoms with Gasteiger partial charge in [-0.1, -0.05) is 212 Å². The maximum absolute atomic E-state index is 5.82. The number of fused-ring (bicyclic) bond motifs is 18. The second-order valence-corrected chi connectivity index (χ2v) is 25.8. The number of rotatable bonds is 8. The van der Waals surface area contributed by atoms with Crippen LogP contribution in [-0.2, 0) is 0 Å². The lowest BCUT2D eigenvalue weighted by Crippen LogP contribution is -2.06. The average molecular weight is 1250 g/mol. The summed E-state index contributed by atoms with van der Waals surface area (Å²) in [7, 11) is 0. The highest BCUT2D eigenvalue weighted by Gasteiger charge is 2.25. The van der Waals surface area contributed by atoms with E-state index in [9.17, 15) is 0 Å². The first-order valence-electron chi connectivity index (χ1n) is 33.3. The minimum atomic E-state index is 0.765. The predicted octanol–water partition coefficient (Wildman–Crippen LogP) is 22.9. The van der Waals surface area contributed by atoms with E-state index in [0.29, 0.717) is 0 Å². The highest BCUT2D eigenvalue weighted by atomic mass is 15.2. The Balaban J connectivity index is 0.781. The summed E-state index contributed by atoms with van der Waals surface area (Å²) >= 11 is 0. The van der Waals surface area contributed by atoms with Crippen molar-refractivity contribution in [2.45, 2.75) is 0 Å². The van der Waals surface area contributed by atoms with Crippen molar-refractivity contribution in [1.29, 1.82) is 0 Å². The van der Waals surface area contributed by atoms with Crippen molar-refractivity contribution in [3.8, 4) is 78.7 Å². The number of hydrogen-bond donors (Lipinski definition) is 0. The number of para-hydroxylation sites is 7. The lowest BCUT2D eigenvalue weighted by Gasteiger charge is -2.16. The highest BCUT2D eigenvalue weighted by molar-refractivity contribution is 6.13. The third-order valence-corrected chi connectivity index (χ3v) is 20.3. The maximum atomic E-state index is 5.82. The van der Waals surface area contributed by atoms with Crippen LogP contribution in [0.2, 0.25) is 0 Å². The van der Waals surface area contributed by atoms with E-state index in [1.165, 1.54) is 21.9 Å². The molecule has 0 atom stereocenters. The average Bonchev–Trinajstić information content (AvgIpc) is 1.55. The van der Waals surface area contributed by atoms with Crippen LogP contribution in [-0.4, -0.2) is 37.9 Å². The lowest BCUT2D eigenvalue weighted by molar-refractivity contribution is 0.979. The fraction of sp³-hybridized carbons (Fsp3) is 0. The fourth-order valence-electron chi connectivity index (χ4n) is 15.6. The molecule has 8 heteroatoms. The summed E-state index contributed by atoms with van der Waals surface area (Å²) in [5.41, 5.74) is 25.0. The van der Waals surface area contributed by atoms with Gasteiger partial charge in [0, 0.05) is 32.3 Å². The van der Waals surface area contributed by atoms with Crippen molar-refractivity contribution in [3.05, 3.63) is 328 Å². The first kappa shape index (κ1) is 54.1. The van der Waals surface area contributed by atoms with Gasteiger partial charge in [-0.15, -0.1) is 0 Å². The van der Waals surface area contributed by atoms with Crippen LogP contribution >= 0.6 is 0 Å². The molecule has 15 aromatic carbocycles. The second kappa shape index (κ2) is 21.1. The third kappa shape index (κ3) is 8.31. The molecule has 98 heavy (non-hydrogen) atoms. The molecule has 21 rings (SSSR count). The molecule has 0 aliphatic heterocycles. The Labute approximate surface area is 561 Å². The van der Waals surface area contributed by atoms with E-state index in [1.807, 2.05) is 0 Å². The Morgan fingerprint density at radius 2 is 0.582 bits per heavy atom. The summed E-state index contributed by atoms with van der Waals surface area (Å²) in [5.74, 6) is 1.55. The highest BCUT2D eigenvalue weighted by Crippen LogP contribution is 2.44. The Morgan fingerprint density at radius 3 is 1.18 bits per heavy atom. The molecule has 0 unspecified atom stereocenters. The van der Waals surface area contributed by atoms with Crippen LogP contribution in [0.1, 0.15) is 0 Å². The number of imidazole rings is 2. The van der Waals surface area contributed by atoms with Gasteiger partial charge in [0.2, 0.25) is 11.9 Å². The molecule has 6 heterocycles. The molecular weight excluding hydrogens is 1190 g/mol. The van der Waals surface area contributed by atoms with Crippen LogP contribution < -0.4 is 0 Å². The van der Waals surface area contributed by atoms with Crippen molar-refractivity contribution >= 4 is 120 Å². The van der Waals surface area contributed by atoms with Gasteiger partial charge in [-0.2, -0.15) is 0 Å². The van der Waals surface area contributed by atoms with Gasteiger partial charge in [-0.25, -0.2) is 19.9 Å². The molecular formula is C90H54N8. The largest absolute Gasteiger partial charge is 0.279 e. The van der Waals surface area contributed by atoms with E-state index < -0.39 is 0 Å². The lowest BCUT2D eigenvalue weighted by atomic mass is 9.90. The van der Waals surface area contributed by atoms with Gasteiger partial charge in [0.05, 0.1) is 55.2 Å². The zero-order valence-electron chi connectivity index (χ0n) is 52.8. The molecule has 0 radical (unpaired) electrons. The summed E-state index contributed by atoms with van der Waals surface area (Å²) in [6.07, 6.45) is 0. The minimum absolute atomic E-state index is 0.765. The summed E-state index contributed by atoms with van der Waals surface area (Å²) in [4.78, 5) is 22.2. The normalized spacial score (nSPS) is 12.1. The molecule has 0 bridgehead atoms. The molecule has 0 amide bonds. The molecule has 8 nitrogen and oxygen atoms in total. The summed E-state index contributed by atoms with van der Waals surface area (Å²) in [6.45, 7) is 0. The smallest absolute Gasteiger partial charge is 0.221 e. The Morgan fingerprint density at radius 1 is 0.184 bits per heavy atom. The van der Waals surface area contributed by atoms with Crippen LogP contribution in [0.5, 0.6) is 0 Å². The predicted molar refractivity (Wildman–Crippen MR) is 406 cm³/mol. The second-order valence-electron chi connectivity index (χ2n) is 25.8. The molecule has 0 saturated carbocycles. The quantitative estimate of drug-likeness (QED) is 0.152. The fourth-order valence-corrected chi connectivity index (χ4v) is 15.6. The summed E-state index contributed by atoms with van der Waals surface area (Å²) < 4.78 is 9.23. The summed E-state index contributed by atoms with van der Waals surface area (Å²) in [5, 5.41) is 11.2. The number of nitrogens with zero attached hydrogens (tertiary/aromatic N) is 8. The molecule has 6 aromatic heterocycles. The van der Waals surface area contributed by atoms with E-state index in [-0.39, 0.29) is 0 Å². The molecule has 0 fully saturated rings. The van der Waals surface area contributed by atoms with E-state index in [2.05, 4.69) is 346 Å². The van der Waals surface area contributed by atoms with Gasteiger partial charge >= 0.3 is 0 Å². The topological polar surface area (TPSA) is 70.2 Å². The van der Waals surface area contributed by atoms with Crippen molar-refractivity contribution in [2.75, 3.05) is 0 Å². The van der Waals surface area contributed by atoms with E-state index in [1.54, 1.807) is 0 Å². The van der Waals surface area contributed by atoms with Crippen molar-refractivity contribution < 1.29 is 0 Å². The molecule has 454 valence electrons. The van der Waals surface area contributed by atoms with E-state index in [0.717, 1.165) is 177 Å². The number of aromatic nitrogens is 8. The maximum Gasteiger partial charge on any atom is 0.221 e. The Kier molecular flexibility index (Phi) is 11.7. The van der Waals surface area contributed by atoms with Gasteiger partial charge < -0.3 is 0 Å². The first-order valence-corrected chi connectivity index (χ1v) is 33.3. The Hall–Kier alpha value is -13.3. The van der Waals surface area contributed by atoms with Gasteiger partial charge in [0.15, 0.2) is 0 Å². The zero-order chi connectivity index (χ0) is 64.1. The van der Waals surface area contributed by atoms with Gasteiger partial charge in [-0.05, 0) is 204 Å². The molecule has 0 aliphatic carbocycles. The first-order chi connectivity index (χ1) is 48.5. The van der Waals surface area contributed by atoms with Crippen LogP contribution in [0, 0.1) is 0 Å². The van der Waals surface area contributed by atoms with E-state index in [4.69, 9.17) is 19.9 Å². The van der Waals surface area contributed by atoms with Crippen LogP contribution in [0.15, 0.2) is 328 Å². The van der Waals surface area contributed by atoms with Crippen LogP contribution in [0.3, 0.4) is 0 Å². The molecule has 21 aromatic rings. The molecule has 0 aliphatic rings. The van der Waals surface area contributed by atoms with E-state index >= 15 is 0 Å². The Bertz CT molecular complexity index is 6870. The molecule has 0 N–H and O–H groups in total. The molecule has 0 saturated heterocycles. The minimum Gasteiger partial charge on any atom is -0.279 e. The molecule has 0 spiro atoms. The van der Waals surface area contributed by atoms with Crippen LogP contribution in [0.25, 0.3) is 199 Å². The van der Waals surface area contributed by atoms with Gasteiger partial charge in [0.1, 0.15) is 11.3 Å². The van der Waals surface area contributed by atoms with Crippen molar-refractivity contribution in [1.82, 2.24) is 37.9 Å². The monoisotopic (exact) mass is 1250 g/mol. The SMILES string of the molecule is c1ccc(-c2cc(-c3ccccc3)cc(-c3ccc4c5ccccc5n(-c5nc6ccc(-c7cc(-c8ccc9c%10ccccc%10n(-c%10nc%11ccccc%11c%11nc%12ccccc%12n%10%11)c9c8)cc8ccc(-c9ccc%10ccccc%10c9)cc78)cc6c6nc7ccccc7n56)c4c3)c2)cc1. The standard InChI is InChI=1S/C90H54N8/c1-3-19-55(20-4-1)65-47-66(56-21-5-2-6-22-56)49-67(48-65)61-39-42-71-69-25-11-16-32-82(69)96(85(71)53-61)90-94-78-44-41-64(51-76(78)88-92-80-30-14-18-34-84(80)98(88)90)75-52-68(46-63-38-37-60(50-74(63)75)59-36-35-57-23-7-8-24-58(57)45-59)62-40-43-72-70-26-10-15-31-81(70)95(86(72)54-62)89-93-77-28-12-9-27-73(77)87-91-79-29-13-17-33-83(79)97(87)89/h1-54H. The van der Waals surface area contributed by atoms with Crippen LogP contribution in [0.4, 0.5) is 0 Å². The third-order valence-electron chi connectivity index (χ3n) is 20.3.